The van der Waals surface area contributed by atoms with Crippen molar-refractivity contribution in [3.05, 3.63) is 64.4 Å². The molecule has 0 aliphatic heterocycles. The molecule has 0 saturated heterocycles. The molecule has 1 unspecified atom stereocenters. The third kappa shape index (κ3) is 4.76. The van der Waals surface area contributed by atoms with Crippen LogP contribution in [0.1, 0.15) is 30.6 Å². The van der Waals surface area contributed by atoms with Crippen LogP contribution in [0.2, 0.25) is 5.02 Å². The van der Waals surface area contributed by atoms with Gasteiger partial charge in [0.1, 0.15) is 11.6 Å². The molecule has 2 nitrogen and oxygen atoms in total. The minimum atomic E-state index is -0.566. The molecule has 1 aromatic heterocycles. The maximum absolute atomic E-state index is 13.3. The van der Waals surface area contributed by atoms with Gasteiger partial charge in [0, 0.05) is 12.3 Å². The quantitative estimate of drug-likeness (QED) is 0.860. The first-order valence-corrected chi connectivity index (χ1v) is 7.26. The number of nitrogens with one attached hydrogen (secondary N) is 1. The molecule has 1 N–H and O–H groups in total. The highest BCUT2D eigenvalue weighted by Crippen LogP contribution is 2.20. The molecule has 0 saturated carbocycles. The highest BCUT2D eigenvalue weighted by molar-refractivity contribution is 6.30. The first-order chi connectivity index (χ1) is 10.1. The van der Waals surface area contributed by atoms with E-state index in [1.165, 1.54) is 12.1 Å². The number of hydrogen-bond donors (Lipinski definition) is 1. The molecular weight excluding hydrogens is 294 g/mol. The van der Waals surface area contributed by atoms with Crippen LogP contribution in [-0.2, 0) is 6.42 Å². The smallest absolute Gasteiger partial charge is 0.126 e. The topological polar surface area (TPSA) is 24.9 Å². The van der Waals surface area contributed by atoms with Gasteiger partial charge in [0.15, 0.2) is 0 Å². The summed E-state index contributed by atoms with van der Waals surface area (Å²) in [5, 5.41) is 3.90. The van der Waals surface area contributed by atoms with Gasteiger partial charge in [-0.25, -0.2) is 8.78 Å². The van der Waals surface area contributed by atoms with Crippen LogP contribution in [0.15, 0.2) is 36.5 Å². The lowest BCUT2D eigenvalue weighted by Crippen LogP contribution is -2.25. The first-order valence-electron chi connectivity index (χ1n) is 6.88. The summed E-state index contributed by atoms with van der Waals surface area (Å²) in [5.41, 5.74) is 1.40. The molecule has 1 atom stereocenters. The molecule has 2 rings (SSSR count). The van der Waals surface area contributed by atoms with E-state index in [4.69, 9.17) is 11.6 Å². The van der Waals surface area contributed by atoms with E-state index in [2.05, 4.69) is 17.2 Å². The van der Waals surface area contributed by atoms with Gasteiger partial charge in [-0.05, 0) is 49.2 Å². The predicted octanol–water partition coefficient (Wildman–Crippen LogP) is 4.30. The van der Waals surface area contributed by atoms with Crippen molar-refractivity contribution in [2.45, 2.75) is 25.8 Å². The van der Waals surface area contributed by atoms with Crippen LogP contribution < -0.4 is 5.32 Å². The van der Waals surface area contributed by atoms with Crippen molar-refractivity contribution in [1.29, 1.82) is 0 Å². The van der Waals surface area contributed by atoms with Crippen LogP contribution in [0.25, 0.3) is 0 Å². The number of halogens is 3. The second kappa shape index (κ2) is 7.48. The van der Waals surface area contributed by atoms with Gasteiger partial charge in [0.2, 0.25) is 0 Å². The molecular formula is C16H17ClF2N2. The van der Waals surface area contributed by atoms with Gasteiger partial charge in [0.25, 0.3) is 0 Å². The molecule has 0 aliphatic carbocycles. The highest BCUT2D eigenvalue weighted by Gasteiger charge is 2.14. The largest absolute Gasteiger partial charge is 0.308 e. The van der Waals surface area contributed by atoms with Crippen molar-refractivity contribution < 1.29 is 8.78 Å². The average molecular weight is 311 g/mol. The highest BCUT2D eigenvalue weighted by atomic mass is 35.5. The van der Waals surface area contributed by atoms with Crippen LogP contribution >= 0.6 is 11.6 Å². The maximum Gasteiger partial charge on any atom is 0.126 e. The van der Waals surface area contributed by atoms with Crippen molar-refractivity contribution in [3.8, 4) is 0 Å². The Morgan fingerprint density at radius 3 is 2.48 bits per heavy atom. The summed E-state index contributed by atoms with van der Waals surface area (Å²) in [7, 11) is 0. The Hall–Kier alpha value is -1.52. The lowest BCUT2D eigenvalue weighted by atomic mass is 10.0. The van der Waals surface area contributed by atoms with E-state index < -0.39 is 11.6 Å². The van der Waals surface area contributed by atoms with E-state index in [0.717, 1.165) is 24.7 Å². The van der Waals surface area contributed by atoms with Gasteiger partial charge in [-0.15, -0.1) is 0 Å². The minimum absolute atomic E-state index is 0.108. The molecule has 1 aromatic carbocycles. The van der Waals surface area contributed by atoms with E-state index in [9.17, 15) is 8.78 Å². The van der Waals surface area contributed by atoms with Crippen LogP contribution in [-0.4, -0.2) is 11.5 Å². The number of aromatic nitrogens is 1. The zero-order chi connectivity index (χ0) is 15.2. The van der Waals surface area contributed by atoms with Gasteiger partial charge >= 0.3 is 0 Å². The molecule has 0 bridgehead atoms. The normalized spacial score (nSPS) is 12.4. The number of hydrogen-bond acceptors (Lipinski definition) is 2. The van der Waals surface area contributed by atoms with Crippen molar-refractivity contribution in [3.63, 3.8) is 0 Å². The molecule has 0 aliphatic rings. The number of pyridine rings is 1. The van der Waals surface area contributed by atoms with Crippen molar-refractivity contribution >= 4 is 11.6 Å². The summed E-state index contributed by atoms with van der Waals surface area (Å²) < 4.78 is 26.6. The number of nitrogens with zero attached hydrogens (tertiary/aromatic N) is 1. The molecule has 1 heterocycles. The summed E-state index contributed by atoms with van der Waals surface area (Å²) in [6.07, 6.45) is 2.99. The van der Waals surface area contributed by atoms with E-state index in [-0.39, 0.29) is 6.04 Å². The Balaban J connectivity index is 2.21. The third-order valence-corrected chi connectivity index (χ3v) is 3.33. The molecule has 5 heteroatoms. The number of rotatable bonds is 6. The molecule has 0 spiro atoms. The van der Waals surface area contributed by atoms with E-state index in [0.29, 0.717) is 17.0 Å². The van der Waals surface area contributed by atoms with E-state index >= 15 is 0 Å². The summed E-state index contributed by atoms with van der Waals surface area (Å²) in [6, 6.07) is 7.04. The van der Waals surface area contributed by atoms with Crippen LogP contribution in [0.5, 0.6) is 0 Å². The van der Waals surface area contributed by atoms with E-state index in [1.807, 2.05) is 6.07 Å². The monoisotopic (exact) mass is 310 g/mol. The van der Waals surface area contributed by atoms with Crippen molar-refractivity contribution in [2.75, 3.05) is 6.54 Å². The lowest BCUT2D eigenvalue weighted by Gasteiger charge is -2.18. The van der Waals surface area contributed by atoms with Gasteiger partial charge in [-0.1, -0.05) is 18.5 Å². The zero-order valence-corrected chi connectivity index (χ0v) is 12.5. The van der Waals surface area contributed by atoms with Gasteiger partial charge in [-0.3, -0.25) is 4.98 Å². The Kier molecular flexibility index (Phi) is 5.65. The standard InChI is InChI=1S/C16H17ClF2N2/c1-2-5-20-16(15-4-3-12(17)10-21-15)8-11-6-13(18)9-14(19)7-11/h3-4,6-7,9-10,16,20H,2,5,8H2,1H3. The molecule has 0 fully saturated rings. The Morgan fingerprint density at radius 2 is 1.90 bits per heavy atom. The molecule has 112 valence electrons. The fourth-order valence-corrected chi connectivity index (χ4v) is 2.27. The van der Waals surface area contributed by atoms with Gasteiger partial charge < -0.3 is 5.32 Å². The van der Waals surface area contributed by atoms with Crippen molar-refractivity contribution in [2.24, 2.45) is 0 Å². The Labute approximate surface area is 128 Å². The molecule has 0 radical (unpaired) electrons. The molecule has 0 amide bonds. The maximum atomic E-state index is 13.3. The summed E-state index contributed by atoms with van der Waals surface area (Å²) in [4.78, 5) is 4.29. The van der Waals surface area contributed by atoms with Crippen LogP contribution in [0.3, 0.4) is 0 Å². The summed E-state index contributed by atoms with van der Waals surface area (Å²) in [6.45, 7) is 2.86. The second-order valence-electron chi connectivity index (χ2n) is 4.89. The summed E-state index contributed by atoms with van der Waals surface area (Å²) in [5.74, 6) is -1.13. The second-order valence-corrected chi connectivity index (χ2v) is 5.33. The predicted molar refractivity (Wildman–Crippen MR) is 80.3 cm³/mol. The molecule has 21 heavy (non-hydrogen) atoms. The number of benzene rings is 1. The fourth-order valence-electron chi connectivity index (χ4n) is 2.16. The molecule has 2 aromatic rings. The SMILES string of the molecule is CCCNC(Cc1cc(F)cc(F)c1)c1ccc(Cl)cn1. The van der Waals surface area contributed by atoms with Gasteiger partial charge in [0.05, 0.1) is 16.8 Å². The Bertz CT molecular complexity index is 567. The average Bonchev–Trinajstić information content (AvgIpc) is 2.43. The van der Waals surface area contributed by atoms with Crippen LogP contribution in [0, 0.1) is 11.6 Å². The van der Waals surface area contributed by atoms with E-state index in [1.54, 1.807) is 12.3 Å². The van der Waals surface area contributed by atoms with Crippen molar-refractivity contribution in [1.82, 2.24) is 10.3 Å². The summed E-state index contributed by atoms with van der Waals surface area (Å²) >= 11 is 5.84. The van der Waals surface area contributed by atoms with Gasteiger partial charge in [-0.2, -0.15) is 0 Å². The fraction of sp³-hybridized carbons (Fsp3) is 0.312. The van der Waals surface area contributed by atoms with Crippen LogP contribution in [0.4, 0.5) is 8.78 Å². The Morgan fingerprint density at radius 1 is 1.19 bits per heavy atom. The lowest BCUT2D eigenvalue weighted by molar-refractivity contribution is 0.512. The first kappa shape index (κ1) is 15.9. The third-order valence-electron chi connectivity index (χ3n) is 3.11. The minimum Gasteiger partial charge on any atom is -0.308 e. The zero-order valence-electron chi connectivity index (χ0n) is 11.7.